The second-order valence-corrected chi connectivity index (χ2v) is 4.62. The van der Waals surface area contributed by atoms with Crippen molar-refractivity contribution in [3.05, 3.63) is 60.0 Å². The number of fused-ring (bicyclic) bond motifs is 1. The third-order valence-electron chi connectivity index (χ3n) is 3.18. The quantitative estimate of drug-likeness (QED) is 0.740. The summed E-state index contributed by atoms with van der Waals surface area (Å²) in [6.07, 6.45) is 5.81. The van der Waals surface area contributed by atoms with Gasteiger partial charge in [0.25, 0.3) is 5.91 Å². The second kappa shape index (κ2) is 4.65. The molecular formula is C15H15N3O. The van der Waals surface area contributed by atoms with Gasteiger partial charge in [-0.2, -0.15) is 0 Å². The van der Waals surface area contributed by atoms with Crippen molar-refractivity contribution in [3.63, 3.8) is 0 Å². The highest BCUT2D eigenvalue weighted by molar-refractivity contribution is 6.05. The fourth-order valence-electron chi connectivity index (χ4n) is 2.22. The number of H-pyrrole nitrogens is 1. The largest absolute Gasteiger partial charge is 0.361 e. The molecule has 3 rings (SSSR count). The summed E-state index contributed by atoms with van der Waals surface area (Å²) in [5.41, 5.74) is 2.65. The Morgan fingerprint density at radius 1 is 1.32 bits per heavy atom. The van der Waals surface area contributed by atoms with Crippen molar-refractivity contribution in [3.8, 4) is 0 Å². The molecule has 0 aliphatic rings. The highest BCUT2D eigenvalue weighted by atomic mass is 16.1. The number of rotatable bonds is 3. The number of aryl methyl sites for hydroxylation is 1. The van der Waals surface area contributed by atoms with E-state index in [0.717, 1.165) is 16.5 Å². The van der Waals surface area contributed by atoms with Gasteiger partial charge in [-0.15, -0.1) is 0 Å². The lowest BCUT2D eigenvalue weighted by Gasteiger charge is -2.05. The van der Waals surface area contributed by atoms with Gasteiger partial charge in [0.05, 0.1) is 11.1 Å². The zero-order chi connectivity index (χ0) is 13.2. The number of carbonyl (C=O) groups is 1. The van der Waals surface area contributed by atoms with Crippen molar-refractivity contribution in [2.45, 2.75) is 6.54 Å². The molecule has 0 unspecified atom stereocenters. The number of benzene rings is 1. The Balaban J connectivity index is 1.78. The minimum absolute atomic E-state index is 0.0584. The molecule has 4 nitrogen and oxygen atoms in total. The van der Waals surface area contributed by atoms with Crippen LogP contribution in [-0.2, 0) is 13.6 Å². The van der Waals surface area contributed by atoms with E-state index in [1.807, 2.05) is 60.5 Å². The Bertz CT molecular complexity index is 724. The van der Waals surface area contributed by atoms with Gasteiger partial charge in [0.15, 0.2) is 0 Å². The van der Waals surface area contributed by atoms with Gasteiger partial charge in [-0.25, -0.2) is 0 Å². The molecule has 2 aromatic heterocycles. The lowest BCUT2D eigenvalue weighted by atomic mass is 10.1. The van der Waals surface area contributed by atoms with Crippen LogP contribution in [0.2, 0.25) is 0 Å². The van der Waals surface area contributed by atoms with Crippen LogP contribution in [0.15, 0.2) is 48.9 Å². The van der Waals surface area contributed by atoms with Crippen LogP contribution in [0.5, 0.6) is 0 Å². The Morgan fingerprint density at radius 3 is 3.00 bits per heavy atom. The van der Waals surface area contributed by atoms with Crippen molar-refractivity contribution in [2.75, 3.05) is 0 Å². The SMILES string of the molecule is Cn1ccc(CNC(=O)c2cccc3cc[nH]c23)c1. The summed E-state index contributed by atoms with van der Waals surface area (Å²) >= 11 is 0. The molecule has 2 heterocycles. The van der Waals surface area contributed by atoms with E-state index in [2.05, 4.69) is 10.3 Å². The van der Waals surface area contributed by atoms with Gasteiger partial charge >= 0.3 is 0 Å². The van der Waals surface area contributed by atoms with Crippen molar-refractivity contribution in [1.82, 2.24) is 14.9 Å². The topological polar surface area (TPSA) is 49.8 Å². The number of para-hydroxylation sites is 1. The average molecular weight is 253 g/mol. The normalized spacial score (nSPS) is 10.8. The lowest BCUT2D eigenvalue weighted by molar-refractivity contribution is 0.0952. The first-order valence-corrected chi connectivity index (χ1v) is 6.19. The predicted octanol–water partition coefficient (Wildman–Crippen LogP) is 2.44. The van der Waals surface area contributed by atoms with Crippen LogP contribution in [0.3, 0.4) is 0 Å². The summed E-state index contributed by atoms with van der Waals surface area (Å²) in [7, 11) is 1.96. The Morgan fingerprint density at radius 2 is 2.21 bits per heavy atom. The molecule has 0 radical (unpaired) electrons. The van der Waals surface area contributed by atoms with Crippen LogP contribution in [0.25, 0.3) is 10.9 Å². The second-order valence-electron chi connectivity index (χ2n) is 4.62. The van der Waals surface area contributed by atoms with Gasteiger partial charge in [0.1, 0.15) is 0 Å². The fourth-order valence-corrected chi connectivity index (χ4v) is 2.22. The molecule has 0 saturated heterocycles. The molecule has 0 saturated carbocycles. The summed E-state index contributed by atoms with van der Waals surface area (Å²) < 4.78 is 1.97. The van der Waals surface area contributed by atoms with E-state index in [-0.39, 0.29) is 5.91 Å². The van der Waals surface area contributed by atoms with Crippen molar-refractivity contribution in [2.24, 2.45) is 7.05 Å². The fraction of sp³-hybridized carbons (Fsp3) is 0.133. The molecular weight excluding hydrogens is 238 g/mol. The summed E-state index contributed by atoms with van der Waals surface area (Å²) in [5.74, 6) is -0.0584. The number of nitrogens with zero attached hydrogens (tertiary/aromatic N) is 1. The standard InChI is InChI=1S/C15H15N3O/c1-18-8-6-11(10-18)9-17-15(19)13-4-2-3-12-5-7-16-14(12)13/h2-8,10,16H,9H2,1H3,(H,17,19). The number of carbonyl (C=O) groups excluding carboxylic acids is 1. The first-order chi connectivity index (χ1) is 9.24. The minimum Gasteiger partial charge on any atom is -0.361 e. The summed E-state index contributed by atoms with van der Waals surface area (Å²) in [4.78, 5) is 15.3. The molecule has 0 fully saturated rings. The zero-order valence-electron chi connectivity index (χ0n) is 10.7. The third-order valence-corrected chi connectivity index (χ3v) is 3.18. The number of amides is 1. The van der Waals surface area contributed by atoms with Crippen LogP contribution in [0, 0.1) is 0 Å². The first kappa shape index (κ1) is 11.6. The van der Waals surface area contributed by atoms with E-state index < -0.39 is 0 Å². The first-order valence-electron chi connectivity index (χ1n) is 6.19. The monoisotopic (exact) mass is 253 g/mol. The molecule has 0 atom stereocenters. The summed E-state index contributed by atoms with van der Waals surface area (Å²) in [6.45, 7) is 0.538. The van der Waals surface area contributed by atoms with E-state index >= 15 is 0 Å². The molecule has 4 heteroatoms. The molecule has 96 valence electrons. The van der Waals surface area contributed by atoms with Crippen LogP contribution in [0.4, 0.5) is 0 Å². The van der Waals surface area contributed by atoms with Crippen LogP contribution >= 0.6 is 0 Å². The Labute approximate surface area is 111 Å². The Kier molecular flexibility index (Phi) is 2.83. The van der Waals surface area contributed by atoms with Crippen LogP contribution in [0.1, 0.15) is 15.9 Å². The number of nitrogens with one attached hydrogen (secondary N) is 2. The predicted molar refractivity (Wildman–Crippen MR) is 74.9 cm³/mol. The molecule has 0 bridgehead atoms. The molecule has 1 amide bonds. The maximum absolute atomic E-state index is 12.2. The molecule has 3 aromatic rings. The van der Waals surface area contributed by atoms with Gasteiger partial charge in [-0.1, -0.05) is 12.1 Å². The molecule has 0 spiro atoms. The highest BCUT2D eigenvalue weighted by Crippen LogP contribution is 2.16. The van der Waals surface area contributed by atoms with Gasteiger partial charge < -0.3 is 14.9 Å². The number of aromatic nitrogens is 2. The lowest BCUT2D eigenvalue weighted by Crippen LogP contribution is -2.22. The average Bonchev–Trinajstić information content (AvgIpc) is 3.03. The van der Waals surface area contributed by atoms with Crippen LogP contribution in [-0.4, -0.2) is 15.5 Å². The molecule has 1 aromatic carbocycles. The number of hydrogen-bond acceptors (Lipinski definition) is 1. The van der Waals surface area contributed by atoms with Gasteiger partial charge in [0, 0.05) is 37.6 Å². The number of aromatic amines is 1. The molecule has 2 N–H and O–H groups in total. The van der Waals surface area contributed by atoms with E-state index in [0.29, 0.717) is 12.1 Å². The van der Waals surface area contributed by atoms with E-state index in [1.54, 1.807) is 0 Å². The highest BCUT2D eigenvalue weighted by Gasteiger charge is 2.10. The molecule has 19 heavy (non-hydrogen) atoms. The van der Waals surface area contributed by atoms with Gasteiger partial charge in [0.2, 0.25) is 0 Å². The molecule has 0 aliphatic carbocycles. The maximum atomic E-state index is 12.2. The zero-order valence-corrected chi connectivity index (χ0v) is 10.7. The van der Waals surface area contributed by atoms with Gasteiger partial charge in [-0.05, 0) is 23.8 Å². The van der Waals surface area contributed by atoms with E-state index in [1.165, 1.54) is 0 Å². The minimum atomic E-state index is -0.0584. The maximum Gasteiger partial charge on any atom is 0.253 e. The van der Waals surface area contributed by atoms with Crippen LogP contribution < -0.4 is 5.32 Å². The van der Waals surface area contributed by atoms with Crippen molar-refractivity contribution < 1.29 is 4.79 Å². The van der Waals surface area contributed by atoms with E-state index in [9.17, 15) is 4.79 Å². The summed E-state index contributed by atoms with van der Waals surface area (Å²) in [6, 6.07) is 9.67. The van der Waals surface area contributed by atoms with Crippen molar-refractivity contribution >= 4 is 16.8 Å². The number of hydrogen-bond donors (Lipinski definition) is 2. The third kappa shape index (κ3) is 2.25. The Hall–Kier alpha value is -2.49. The van der Waals surface area contributed by atoms with Gasteiger partial charge in [-0.3, -0.25) is 4.79 Å². The smallest absolute Gasteiger partial charge is 0.253 e. The molecule has 0 aliphatic heterocycles. The van der Waals surface area contributed by atoms with E-state index in [4.69, 9.17) is 0 Å². The summed E-state index contributed by atoms with van der Waals surface area (Å²) in [5, 5.41) is 3.99. The van der Waals surface area contributed by atoms with Crippen molar-refractivity contribution in [1.29, 1.82) is 0 Å².